The van der Waals surface area contributed by atoms with Crippen LogP contribution in [-0.4, -0.2) is 30.0 Å². The normalized spacial score (nSPS) is 23.3. The van der Waals surface area contributed by atoms with Gasteiger partial charge in [0.25, 0.3) is 0 Å². The van der Waals surface area contributed by atoms with E-state index in [2.05, 4.69) is 17.3 Å². The zero-order chi connectivity index (χ0) is 10.3. The summed E-state index contributed by atoms with van der Waals surface area (Å²) in [7, 11) is 2.17. The van der Waals surface area contributed by atoms with Crippen LogP contribution in [0.4, 0.5) is 0 Å². The Morgan fingerprint density at radius 2 is 2.13 bits per heavy atom. The molecule has 0 atom stereocenters. The molecule has 0 unspecified atom stereocenters. The maximum atomic E-state index is 4.81. The number of thiazole rings is 1. The Morgan fingerprint density at radius 1 is 1.33 bits per heavy atom. The molecule has 1 fully saturated rings. The minimum Gasteiger partial charge on any atom is -0.317 e. The SMILES string of the molecule is CN1Cc2nc(C3CCNCC3)sc2C1. The third-order valence-electron chi connectivity index (χ3n) is 3.32. The molecule has 0 aromatic carbocycles. The summed E-state index contributed by atoms with van der Waals surface area (Å²) in [6, 6.07) is 0. The van der Waals surface area contributed by atoms with Crippen LogP contribution >= 0.6 is 11.3 Å². The quantitative estimate of drug-likeness (QED) is 0.783. The number of aromatic nitrogens is 1. The average Bonchev–Trinajstić information content (AvgIpc) is 2.76. The molecule has 1 aromatic heterocycles. The summed E-state index contributed by atoms with van der Waals surface area (Å²) < 4.78 is 0. The Morgan fingerprint density at radius 3 is 2.87 bits per heavy atom. The predicted octanol–water partition coefficient (Wildman–Crippen LogP) is 1.56. The van der Waals surface area contributed by atoms with E-state index in [1.54, 1.807) is 0 Å². The summed E-state index contributed by atoms with van der Waals surface area (Å²) in [5.74, 6) is 0.729. The minimum absolute atomic E-state index is 0.729. The van der Waals surface area contributed by atoms with E-state index in [-0.39, 0.29) is 0 Å². The van der Waals surface area contributed by atoms with E-state index in [1.165, 1.54) is 28.4 Å². The lowest BCUT2D eigenvalue weighted by atomic mass is 9.99. The molecule has 1 saturated heterocycles. The van der Waals surface area contributed by atoms with E-state index in [4.69, 9.17) is 4.98 Å². The van der Waals surface area contributed by atoms with Crippen molar-refractivity contribution < 1.29 is 0 Å². The fraction of sp³-hybridized carbons (Fsp3) is 0.727. The fourth-order valence-corrected chi connectivity index (χ4v) is 3.77. The van der Waals surface area contributed by atoms with Crippen LogP contribution in [0, 0.1) is 0 Å². The molecule has 4 heteroatoms. The van der Waals surface area contributed by atoms with E-state index in [9.17, 15) is 0 Å². The molecule has 2 aliphatic heterocycles. The maximum absolute atomic E-state index is 4.81. The lowest BCUT2D eigenvalue weighted by Gasteiger charge is -2.20. The van der Waals surface area contributed by atoms with E-state index in [0.717, 1.165) is 32.1 Å². The Kier molecular flexibility index (Phi) is 2.50. The first-order chi connectivity index (χ1) is 7.33. The monoisotopic (exact) mass is 223 g/mol. The second-order valence-corrected chi connectivity index (χ2v) is 5.73. The van der Waals surface area contributed by atoms with Gasteiger partial charge in [0.2, 0.25) is 0 Å². The van der Waals surface area contributed by atoms with Gasteiger partial charge in [0.05, 0.1) is 10.7 Å². The Balaban J connectivity index is 1.79. The molecule has 3 nitrogen and oxygen atoms in total. The van der Waals surface area contributed by atoms with Gasteiger partial charge in [-0.2, -0.15) is 0 Å². The molecule has 0 amide bonds. The standard InChI is InChI=1S/C11H17N3S/c1-14-6-9-10(7-14)15-11(13-9)8-2-4-12-5-3-8/h8,12H,2-7H2,1H3. The summed E-state index contributed by atoms with van der Waals surface area (Å²) in [4.78, 5) is 8.65. The Labute approximate surface area is 94.5 Å². The summed E-state index contributed by atoms with van der Waals surface area (Å²) in [5.41, 5.74) is 1.34. The van der Waals surface area contributed by atoms with Gasteiger partial charge in [-0.15, -0.1) is 11.3 Å². The fourth-order valence-electron chi connectivity index (χ4n) is 2.45. The van der Waals surface area contributed by atoms with E-state index in [1.807, 2.05) is 11.3 Å². The third kappa shape index (κ3) is 1.82. The smallest absolute Gasteiger partial charge is 0.0964 e. The molecule has 0 saturated carbocycles. The first-order valence-corrected chi connectivity index (χ1v) is 6.52. The highest BCUT2D eigenvalue weighted by Gasteiger charge is 2.25. The highest BCUT2D eigenvalue weighted by atomic mass is 32.1. The maximum Gasteiger partial charge on any atom is 0.0964 e. The number of hydrogen-bond acceptors (Lipinski definition) is 4. The van der Waals surface area contributed by atoms with Crippen LogP contribution in [0.3, 0.4) is 0 Å². The van der Waals surface area contributed by atoms with Crippen molar-refractivity contribution in [2.24, 2.45) is 0 Å². The van der Waals surface area contributed by atoms with Gasteiger partial charge < -0.3 is 5.32 Å². The lowest BCUT2D eigenvalue weighted by Crippen LogP contribution is -2.26. The van der Waals surface area contributed by atoms with Crippen molar-refractivity contribution in [2.45, 2.75) is 31.8 Å². The van der Waals surface area contributed by atoms with E-state index >= 15 is 0 Å². The molecule has 15 heavy (non-hydrogen) atoms. The first-order valence-electron chi connectivity index (χ1n) is 5.70. The summed E-state index contributed by atoms with van der Waals surface area (Å²) in [6.45, 7) is 4.48. The van der Waals surface area contributed by atoms with Crippen molar-refractivity contribution in [1.29, 1.82) is 0 Å². The molecule has 1 N–H and O–H groups in total. The van der Waals surface area contributed by atoms with Gasteiger partial charge >= 0.3 is 0 Å². The van der Waals surface area contributed by atoms with Gasteiger partial charge in [-0.25, -0.2) is 4.98 Å². The predicted molar refractivity (Wildman–Crippen MR) is 62.1 cm³/mol. The van der Waals surface area contributed by atoms with Crippen molar-refractivity contribution in [2.75, 3.05) is 20.1 Å². The van der Waals surface area contributed by atoms with Crippen molar-refractivity contribution in [3.8, 4) is 0 Å². The molecular formula is C11H17N3S. The van der Waals surface area contributed by atoms with Crippen molar-refractivity contribution >= 4 is 11.3 Å². The lowest BCUT2D eigenvalue weighted by molar-refractivity contribution is 0.351. The van der Waals surface area contributed by atoms with Gasteiger partial charge in [-0.3, -0.25) is 4.90 Å². The average molecular weight is 223 g/mol. The number of piperidine rings is 1. The molecule has 3 rings (SSSR count). The van der Waals surface area contributed by atoms with Crippen LogP contribution in [0.15, 0.2) is 0 Å². The van der Waals surface area contributed by atoms with Crippen molar-refractivity contribution in [3.63, 3.8) is 0 Å². The van der Waals surface area contributed by atoms with Crippen molar-refractivity contribution in [1.82, 2.24) is 15.2 Å². The molecule has 2 aliphatic rings. The molecule has 0 spiro atoms. The molecule has 1 aromatic rings. The topological polar surface area (TPSA) is 28.2 Å². The summed E-state index contributed by atoms with van der Waals surface area (Å²) >= 11 is 1.95. The number of fused-ring (bicyclic) bond motifs is 1. The molecule has 82 valence electrons. The van der Waals surface area contributed by atoms with Gasteiger partial charge in [0.15, 0.2) is 0 Å². The van der Waals surface area contributed by atoms with Gasteiger partial charge in [-0.05, 0) is 33.0 Å². The Hall–Kier alpha value is -0.450. The summed E-state index contributed by atoms with van der Waals surface area (Å²) in [6.07, 6.45) is 2.53. The zero-order valence-electron chi connectivity index (χ0n) is 9.12. The van der Waals surface area contributed by atoms with Crippen LogP contribution in [0.25, 0.3) is 0 Å². The Bertz CT molecular complexity index is 331. The first kappa shape index (κ1) is 9.75. The zero-order valence-corrected chi connectivity index (χ0v) is 9.94. The molecule has 0 bridgehead atoms. The number of rotatable bonds is 1. The number of hydrogen-bond donors (Lipinski definition) is 1. The van der Waals surface area contributed by atoms with Crippen LogP contribution in [0.2, 0.25) is 0 Å². The highest BCUT2D eigenvalue weighted by Crippen LogP contribution is 2.34. The minimum atomic E-state index is 0.729. The number of nitrogens with one attached hydrogen (secondary N) is 1. The second-order valence-electron chi connectivity index (χ2n) is 4.62. The molecule has 0 aliphatic carbocycles. The molecule has 0 radical (unpaired) electrons. The summed E-state index contributed by atoms with van der Waals surface area (Å²) in [5, 5.41) is 4.81. The molecule has 3 heterocycles. The van der Waals surface area contributed by atoms with Crippen molar-refractivity contribution in [3.05, 3.63) is 15.6 Å². The van der Waals surface area contributed by atoms with Crippen LogP contribution in [0.5, 0.6) is 0 Å². The number of nitrogens with zero attached hydrogens (tertiary/aromatic N) is 2. The van der Waals surface area contributed by atoms with Gasteiger partial charge in [0.1, 0.15) is 0 Å². The van der Waals surface area contributed by atoms with Gasteiger partial charge in [0, 0.05) is 23.9 Å². The molecular weight excluding hydrogens is 206 g/mol. The van der Waals surface area contributed by atoms with Crippen LogP contribution in [0.1, 0.15) is 34.3 Å². The van der Waals surface area contributed by atoms with Crippen LogP contribution in [-0.2, 0) is 13.1 Å². The van der Waals surface area contributed by atoms with E-state index < -0.39 is 0 Å². The largest absolute Gasteiger partial charge is 0.317 e. The highest BCUT2D eigenvalue weighted by molar-refractivity contribution is 7.11. The van der Waals surface area contributed by atoms with E-state index in [0.29, 0.717) is 0 Å². The third-order valence-corrected chi connectivity index (χ3v) is 4.56. The second kappa shape index (κ2) is 3.85. The van der Waals surface area contributed by atoms with Gasteiger partial charge in [-0.1, -0.05) is 0 Å². The van der Waals surface area contributed by atoms with Crippen LogP contribution < -0.4 is 5.32 Å².